The molecule has 1 saturated heterocycles. The van der Waals surface area contributed by atoms with Crippen molar-refractivity contribution < 1.29 is 17.9 Å². The number of nitrogens with one attached hydrogen (secondary N) is 1. The Bertz CT molecular complexity index is 1020. The quantitative estimate of drug-likeness (QED) is 0.648. The highest BCUT2D eigenvalue weighted by molar-refractivity contribution is 7.92. The summed E-state index contributed by atoms with van der Waals surface area (Å²) in [5, 5.41) is 3.23. The molecule has 1 aliphatic heterocycles. The lowest BCUT2D eigenvalue weighted by Crippen LogP contribution is -2.40. The molecule has 2 aromatic carbocycles. The number of rotatable bonds is 8. The van der Waals surface area contributed by atoms with Crippen molar-refractivity contribution in [3.8, 4) is 0 Å². The van der Waals surface area contributed by atoms with Gasteiger partial charge in [0, 0.05) is 31.2 Å². The molecule has 1 heterocycles. The third-order valence-corrected chi connectivity index (χ3v) is 6.48. The number of amides is 1. The molecular weight excluding hydrogens is 438 g/mol. The normalized spacial score (nSPS) is 14.9. The highest BCUT2D eigenvalue weighted by Gasteiger charge is 2.22. The van der Waals surface area contributed by atoms with E-state index in [1.165, 1.54) is 5.56 Å². The van der Waals surface area contributed by atoms with E-state index in [1.807, 2.05) is 12.1 Å². The molecule has 0 aliphatic carbocycles. The van der Waals surface area contributed by atoms with E-state index < -0.39 is 10.0 Å². The number of anilines is 1. The molecule has 0 unspecified atom stereocenters. The molecule has 0 saturated carbocycles. The van der Waals surface area contributed by atoms with Crippen molar-refractivity contribution in [2.75, 3.05) is 43.4 Å². The average molecular weight is 466 g/mol. The van der Waals surface area contributed by atoms with Crippen LogP contribution in [-0.2, 0) is 32.6 Å². The molecule has 9 heteroatoms. The van der Waals surface area contributed by atoms with Gasteiger partial charge in [0.05, 0.1) is 25.2 Å². The van der Waals surface area contributed by atoms with Crippen LogP contribution in [0.4, 0.5) is 5.69 Å². The van der Waals surface area contributed by atoms with Gasteiger partial charge in [-0.05, 0) is 35.7 Å². The lowest BCUT2D eigenvalue weighted by molar-refractivity contribution is -0.119. The number of benzene rings is 2. The largest absolute Gasteiger partial charge is 0.379 e. The van der Waals surface area contributed by atoms with E-state index in [0.717, 1.165) is 54.5 Å². The maximum atomic E-state index is 12.6. The van der Waals surface area contributed by atoms with Gasteiger partial charge in [0.2, 0.25) is 15.9 Å². The number of sulfonamides is 1. The van der Waals surface area contributed by atoms with Crippen molar-refractivity contribution in [3.05, 3.63) is 64.2 Å². The van der Waals surface area contributed by atoms with Crippen LogP contribution < -0.4 is 9.62 Å². The first-order chi connectivity index (χ1) is 14.7. The van der Waals surface area contributed by atoms with Crippen molar-refractivity contribution in [3.63, 3.8) is 0 Å². The summed E-state index contributed by atoms with van der Waals surface area (Å²) in [6, 6.07) is 13.0. The molecule has 0 atom stereocenters. The van der Waals surface area contributed by atoms with E-state index in [-0.39, 0.29) is 12.5 Å². The minimum absolute atomic E-state index is 0.312. The van der Waals surface area contributed by atoms with E-state index >= 15 is 0 Å². The molecule has 2 aromatic rings. The van der Waals surface area contributed by atoms with E-state index in [4.69, 9.17) is 16.3 Å². The van der Waals surface area contributed by atoms with Gasteiger partial charge in [-0.2, -0.15) is 0 Å². The van der Waals surface area contributed by atoms with Crippen LogP contribution in [0.2, 0.25) is 5.02 Å². The third kappa shape index (κ3) is 6.93. The Morgan fingerprint density at radius 3 is 2.58 bits per heavy atom. The van der Waals surface area contributed by atoms with Gasteiger partial charge in [-0.3, -0.25) is 14.0 Å². The minimum Gasteiger partial charge on any atom is -0.379 e. The summed E-state index contributed by atoms with van der Waals surface area (Å²) < 4.78 is 31.1. The summed E-state index contributed by atoms with van der Waals surface area (Å²) in [5.74, 6) is -0.386. The topological polar surface area (TPSA) is 79.0 Å². The lowest BCUT2D eigenvalue weighted by atomic mass is 10.1. The summed E-state index contributed by atoms with van der Waals surface area (Å²) in [5.41, 5.74) is 3.25. The van der Waals surface area contributed by atoms with Gasteiger partial charge in [0.15, 0.2) is 0 Å². The van der Waals surface area contributed by atoms with Crippen molar-refractivity contribution >= 4 is 33.2 Å². The van der Waals surface area contributed by atoms with Crippen molar-refractivity contribution in [1.29, 1.82) is 0 Å². The standard InChI is InChI=1S/C22H28ClN3O4S/c1-17-6-7-20(23)13-21(17)26(31(2,28)29)16-22(27)24-14-18-4-3-5-19(12-18)15-25-8-10-30-11-9-25/h3-7,12-13H,8-11,14-16H2,1-2H3,(H,24,27). The smallest absolute Gasteiger partial charge is 0.241 e. The van der Waals surface area contributed by atoms with Crippen LogP contribution >= 0.6 is 11.6 Å². The van der Waals surface area contributed by atoms with E-state index in [1.54, 1.807) is 25.1 Å². The molecule has 0 radical (unpaired) electrons. The van der Waals surface area contributed by atoms with Crippen LogP contribution in [0.15, 0.2) is 42.5 Å². The maximum absolute atomic E-state index is 12.6. The zero-order chi connectivity index (χ0) is 22.4. The van der Waals surface area contributed by atoms with Gasteiger partial charge in [0.1, 0.15) is 6.54 Å². The Labute approximate surface area is 189 Å². The van der Waals surface area contributed by atoms with Crippen LogP contribution in [0.5, 0.6) is 0 Å². The molecule has 168 valence electrons. The Morgan fingerprint density at radius 1 is 1.16 bits per heavy atom. The Hall–Kier alpha value is -2.13. The van der Waals surface area contributed by atoms with E-state index in [2.05, 4.69) is 22.3 Å². The number of morpholine rings is 1. The van der Waals surface area contributed by atoms with Gasteiger partial charge in [-0.25, -0.2) is 8.42 Å². The number of hydrogen-bond acceptors (Lipinski definition) is 5. The molecule has 3 rings (SSSR count). The van der Waals surface area contributed by atoms with E-state index in [9.17, 15) is 13.2 Å². The Morgan fingerprint density at radius 2 is 1.87 bits per heavy atom. The third-order valence-electron chi connectivity index (χ3n) is 5.12. The fraction of sp³-hybridized carbons (Fsp3) is 0.409. The van der Waals surface area contributed by atoms with Gasteiger partial charge in [-0.15, -0.1) is 0 Å². The average Bonchev–Trinajstić information content (AvgIpc) is 2.73. The second-order valence-electron chi connectivity index (χ2n) is 7.69. The molecule has 1 fully saturated rings. The predicted octanol–water partition coefficient (Wildman–Crippen LogP) is 2.56. The first-order valence-corrected chi connectivity index (χ1v) is 12.3. The summed E-state index contributed by atoms with van der Waals surface area (Å²) in [6.45, 7) is 5.94. The van der Waals surface area contributed by atoms with Crippen molar-refractivity contribution in [2.24, 2.45) is 0 Å². The number of halogens is 1. The number of ether oxygens (including phenoxy) is 1. The van der Waals surface area contributed by atoms with Crippen LogP contribution in [0.25, 0.3) is 0 Å². The van der Waals surface area contributed by atoms with Crippen molar-refractivity contribution in [1.82, 2.24) is 10.2 Å². The number of hydrogen-bond donors (Lipinski definition) is 1. The van der Waals surface area contributed by atoms with Crippen LogP contribution in [0.3, 0.4) is 0 Å². The minimum atomic E-state index is -3.66. The molecule has 1 aliphatic rings. The Kier molecular flexibility index (Phi) is 7.94. The number of aryl methyl sites for hydroxylation is 1. The van der Waals surface area contributed by atoms with Gasteiger partial charge >= 0.3 is 0 Å². The molecule has 0 spiro atoms. The highest BCUT2D eigenvalue weighted by Crippen LogP contribution is 2.26. The Balaban J connectivity index is 1.63. The SMILES string of the molecule is Cc1ccc(Cl)cc1N(CC(=O)NCc1cccc(CN2CCOCC2)c1)S(C)(=O)=O. The second-order valence-corrected chi connectivity index (χ2v) is 10.0. The molecule has 1 amide bonds. The summed E-state index contributed by atoms with van der Waals surface area (Å²) in [7, 11) is -3.66. The first kappa shape index (κ1) is 23.5. The second kappa shape index (κ2) is 10.5. The summed E-state index contributed by atoms with van der Waals surface area (Å²) >= 11 is 6.04. The predicted molar refractivity (Wildman–Crippen MR) is 123 cm³/mol. The fourth-order valence-electron chi connectivity index (χ4n) is 3.47. The maximum Gasteiger partial charge on any atom is 0.241 e. The molecule has 31 heavy (non-hydrogen) atoms. The number of carbonyl (C=O) groups excluding carboxylic acids is 1. The zero-order valence-corrected chi connectivity index (χ0v) is 19.4. The van der Waals surface area contributed by atoms with Crippen LogP contribution in [-0.4, -0.2) is 58.3 Å². The summed E-state index contributed by atoms with van der Waals surface area (Å²) in [6.07, 6.45) is 1.08. The van der Waals surface area contributed by atoms with Crippen LogP contribution in [0, 0.1) is 6.92 Å². The van der Waals surface area contributed by atoms with E-state index in [0.29, 0.717) is 17.3 Å². The molecule has 0 bridgehead atoms. The lowest BCUT2D eigenvalue weighted by Gasteiger charge is -2.26. The van der Waals surface area contributed by atoms with Gasteiger partial charge in [0.25, 0.3) is 0 Å². The monoisotopic (exact) mass is 465 g/mol. The summed E-state index contributed by atoms with van der Waals surface area (Å²) in [4.78, 5) is 14.9. The van der Waals surface area contributed by atoms with Gasteiger partial charge < -0.3 is 10.1 Å². The zero-order valence-electron chi connectivity index (χ0n) is 17.8. The number of carbonyl (C=O) groups is 1. The van der Waals surface area contributed by atoms with Crippen LogP contribution in [0.1, 0.15) is 16.7 Å². The number of nitrogens with zero attached hydrogens (tertiary/aromatic N) is 2. The molecule has 0 aromatic heterocycles. The molecule has 7 nitrogen and oxygen atoms in total. The van der Waals surface area contributed by atoms with Crippen molar-refractivity contribution in [2.45, 2.75) is 20.0 Å². The highest BCUT2D eigenvalue weighted by atomic mass is 35.5. The van der Waals surface area contributed by atoms with Gasteiger partial charge in [-0.1, -0.05) is 41.9 Å². The fourth-order valence-corrected chi connectivity index (χ4v) is 4.55. The molecular formula is C22H28ClN3O4S. The molecule has 1 N–H and O–H groups in total. The first-order valence-electron chi connectivity index (χ1n) is 10.1.